The van der Waals surface area contributed by atoms with Crippen LogP contribution >= 0.6 is 0 Å². The van der Waals surface area contributed by atoms with Gasteiger partial charge in [0.2, 0.25) is 5.91 Å². The van der Waals surface area contributed by atoms with Crippen LogP contribution < -0.4 is 15.4 Å². The third-order valence-corrected chi connectivity index (χ3v) is 5.44. The zero-order valence-electron chi connectivity index (χ0n) is 18.1. The first-order valence-electron chi connectivity index (χ1n) is 10.8. The number of hydrogen-bond donors (Lipinski definition) is 2. The Morgan fingerprint density at radius 3 is 2.74 bits per heavy atom. The Kier molecular flexibility index (Phi) is 7.66. The van der Waals surface area contributed by atoms with Gasteiger partial charge in [-0.1, -0.05) is 30.7 Å². The van der Waals surface area contributed by atoms with Crippen LogP contribution in [0.4, 0.5) is 0 Å². The molecular weight excluding hydrogens is 390 g/mol. The molecule has 2 N–H and O–H groups in total. The topological polar surface area (TPSA) is 91.2 Å². The van der Waals surface area contributed by atoms with Gasteiger partial charge >= 0.3 is 0 Å². The van der Waals surface area contributed by atoms with Crippen LogP contribution in [-0.2, 0) is 11.4 Å². The zero-order chi connectivity index (χ0) is 22.2. The van der Waals surface area contributed by atoms with E-state index in [1.807, 2.05) is 32.0 Å². The number of nitrogens with one attached hydrogen (secondary N) is 2. The first kappa shape index (κ1) is 22.4. The second-order valence-electron chi connectivity index (χ2n) is 8.28. The summed E-state index contributed by atoms with van der Waals surface area (Å²) in [5.41, 5.74) is 1.89. The third-order valence-electron chi connectivity index (χ3n) is 5.44. The van der Waals surface area contributed by atoms with Crippen LogP contribution in [0.3, 0.4) is 0 Å². The second kappa shape index (κ2) is 10.6. The molecule has 1 fully saturated rings. The Hall–Kier alpha value is -3.33. The molecule has 1 aliphatic carbocycles. The van der Waals surface area contributed by atoms with Crippen LogP contribution in [0, 0.1) is 17.2 Å². The minimum absolute atomic E-state index is 0.0174. The number of ether oxygens (including phenoxy) is 1. The lowest BCUT2D eigenvalue weighted by Gasteiger charge is -2.29. The molecule has 0 spiro atoms. The molecule has 6 nitrogen and oxygen atoms in total. The van der Waals surface area contributed by atoms with Gasteiger partial charge in [0.05, 0.1) is 11.6 Å². The minimum atomic E-state index is -0.169. The number of nitrogens with zero attached hydrogens (tertiary/aromatic N) is 1. The van der Waals surface area contributed by atoms with E-state index in [2.05, 4.69) is 16.7 Å². The summed E-state index contributed by atoms with van der Waals surface area (Å²) in [5.74, 6) is 0.411. The SMILES string of the molecule is CC(C)NC(=O)C1CCCC(NC(=O)c2cccc(OCc3ccccc3C#N)c2)C1. The monoisotopic (exact) mass is 419 g/mol. The fourth-order valence-corrected chi connectivity index (χ4v) is 3.87. The van der Waals surface area contributed by atoms with Crippen molar-refractivity contribution < 1.29 is 14.3 Å². The van der Waals surface area contributed by atoms with Crippen LogP contribution in [0.15, 0.2) is 48.5 Å². The standard InChI is InChI=1S/C25H29N3O3/c1-17(2)27-24(29)18-9-5-11-22(13-18)28-25(30)19-10-6-12-23(14-19)31-16-21-8-4-3-7-20(21)15-26/h3-4,6-8,10,12,14,17-18,22H,5,9,11,13,16H2,1-2H3,(H,27,29)(H,28,30). The van der Waals surface area contributed by atoms with Crippen molar-refractivity contribution in [2.45, 2.75) is 58.2 Å². The van der Waals surface area contributed by atoms with E-state index in [0.29, 0.717) is 23.3 Å². The highest BCUT2D eigenvalue weighted by atomic mass is 16.5. The van der Waals surface area contributed by atoms with Crippen molar-refractivity contribution in [1.82, 2.24) is 10.6 Å². The van der Waals surface area contributed by atoms with E-state index in [-0.39, 0.29) is 36.4 Å². The summed E-state index contributed by atoms with van der Waals surface area (Å²) < 4.78 is 5.82. The highest BCUT2D eigenvalue weighted by molar-refractivity contribution is 5.94. The number of benzene rings is 2. The van der Waals surface area contributed by atoms with E-state index in [1.165, 1.54) is 0 Å². The number of carbonyl (C=O) groups is 2. The molecule has 0 saturated heterocycles. The van der Waals surface area contributed by atoms with E-state index in [1.54, 1.807) is 30.3 Å². The predicted octanol–water partition coefficient (Wildman–Crippen LogP) is 3.95. The Morgan fingerprint density at radius 2 is 1.97 bits per heavy atom. The molecule has 0 heterocycles. The third kappa shape index (κ3) is 6.32. The number of amides is 2. The molecule has 0 radical (unpaired) electrons. The van der Waals surface area contributed by atoms with Gasteiger partial charge in [-0.2, -0.15) is 5.26 Å². The molecule has 0 bridgehead atoms. The summed E-state index contributed by atoms with van der Waals surface area (Å²) in [6.45, 7) is 4.16. The average Bonchev–Trinajstić information content (AvgIpc) is 2.77. The van der Waals surface area contributed by atoms with E-state index in [9.17, 15) is 14.9 Å². The van der Waals surface area contributed by atoms with Crippen molar-refractivity contribution in [3.63, 3.8) is 0 Å². The van der Waals surface area contributed by atoms with Gasteiger partial charge in [-0.15, -0.1) is 0 Å². The van der Waals surface area contributed by atoms with E-state index in [4.69, 9.17) is 4.74 Å². The summed E-state index contributed by atoms with van der Waals surface area (Å²) in [5, 5.41) is 15.2. The minimum Gasteiger partial charge on any atom is -0.489 e. The van der Waals surface area contributed by atoms with Crippen LogP contribution in [-0.4, -0.2) is 23.9 Å². The Morgan fingerprint density at radius 1 is 1.16 bits per heavy atom. The summed E-state index contributed by atoms with van der Waals surface area (Å²) in [6, 6.07) is 16.6. The van der Waals surface area contributed by atoms with Gasteiger partial charge in [0, 0.05) is 29.1 Å². The molecule has 2 atom stereocenters. The van der Waals surface area contributed by atoms with Crippen LogP contribution in [0.25, 0.3) is 0 Å². The van der Waals surface area contributed by atoms with E-state index in [0.717, 1.165) is 24.8 Å². The maximum Gasteiger partial charge on any atom is 0.251 e. The highest BCUT2D eigenvalue weighted by Crippen LogP contribution is 2.25. The maximum atomic E-state index is 12.8. The zero-order valence-corrected chi connectivity index (χ0v) is 18.1. The molecule has 2 aromatic rings. The van der Waals surface area contributed by atoms with Crippen LogP contribution in [0.1, 0.15) is 61.0 Å². The molecule has 1 aliphatic rings. The summed E-state index contributed by atoms with van der Waals surface area (Å²) in [6.07, 6.45) is 3.31. The molecule has 0 aromatic heterocycles. The first-order valence-corrected chi connectivity index (χ1v) is 10.8. The lowest BCUT2D eigenvalue weighted by Crippen LogP contribution is -2.43. The predicted molar refractivity (Wildman–Crippen MR) is 118 cm³/mol. The van der Waals surface area contributed by atoms with Gasteiger partial charge in [-0.05, 0) is 57.4 Å². The van der Waals surface area contributed by atoms with E-state index < -0.39 is 0 Å². The highest BCUT2D eigenvalue weighted by Gasteiger charge is 2.28. The maximum absolute atomic E-state index is 12.8. The van der Waals surface area contributed by atoms with Crippen molar-refractivity contribution in [2.24, 2.45) is 5.92 Å². The Balaban J connectivity index is 1.58. The molecule has 0 aliphatic heterocycles. The molecule has 31 heavy (non-hydrogen) atoms. The fourth-order valence-electron chi connectivity index (χ4n) is 3.87. The number of nitriles is 1. The second-order valence-corrected chi connectivity index (χ2v) is 8.28. The van der Waals surface area contributed by atoms with Crippen LogP contribution in [0.5, 0.6) is 5.75 Å². The average molecular weight is 420 g/mol. The van der Waals surface area contributed by atoms with Crippen molar-refractivity contribution >= 4 is 11.8 Å². The van der Waals surface area contributed by atoms with Gasteiger partial charge in [-0.3, -0.25) is 9.59 Å². The number of hydrogen-bond acceptors (Lipinski definition) is 4. The number of carbonyl (C=O) groups excluding carboxylic acids is 2. The molecule has 2 amide bonds. The number of rotatable bonds is 7. The first-order chi connectivity index (χ1) is 15.0. The molecule has 6 heteroatoms. The lowest BCUT2D eigenvalue weighted by atomic mass is 9.85. The molecule has 2 unspecified atom stereocenters. The van der Waals surface area contributed by atoms with Crippen molar-refractivity contribution in [3.05, 3.63) is 65.2 Å². The molecule has 162 valence electrons. The lowest BCUT2D eigenvalue weighted by molar-refractivity contribution is -0.126. The molecule has 3 rings (SSSR count). The summed E-state index contributed by atoms with van der Waals surface area (Å²) in [7, 11) is 0. The normalized spacial score (nSPS) is 18.1. The van der Waals surface area contributed by atoms with Crippen molar-refractivity contribution in [3.8, 4) is 11.8 Å². The van der Waals surface area contributed by atoms with Gasteiger partial charge in [0.1, 0.15) is 12.4 Å². The van der Waals surface area contributed by atoms with Gasteiger partial charge in [-0.25, -0.2) is 0 Å². The van der Waals surface area contributed by atoms with Crippen molar-refractivity contribution in [2.75, 3.05) is 0 Å². The molecule has 1 saturated carbocycles. The largest absolute Gasteiger partial charge is 0.489 e. The van der Waals surface area contributed by atoms with Gasteiger partial charge < -0.3 is 15.4 Å². The summed E-state index contributed by atoms with van der Waals surface area (Å²) >= 11 is 0. The molecule has 2 aromatic carbocycles. The summed E-state index contributed by atoms with van der Waals surface area (Å²) in [4.78, 5) is 25.1. The van der Waals surface area contributed by atoms with Crippen LogP contribution in [0.2, 0.25) is 0 Å². The fraction of sp³-hybridized carbons (Fsp3) is 0.400. The smallest absolute Gasteiger partial charge is 0.251 e. The quantitative estimate of drug-likeness (QED) is 0.711. The Bertz CT molecular complexity index is 964. The van der Waals surface area contributed by atoms with Crippen molar-refractivity contribution in [1.29, 1.82) is 5.26 Å². The van der Waals surface area contributed by atoms with Gasteiger partial charge in [0.25, 0.3) is 5.91 Å². The van der Waals surface area contributed by atoms with E-state index >= 15 is 0 Å². The molecular formula is C25H29N3O3. The Labute approximate surface area is 183 Å². The van der Waals surface area contributed by atoms with Gasteiger partial charge in [0.15, 0.2) is 0 Å².